The first-order valence-electron chi connectivity index (χ1n) is 12.0. The van der Waals surface area contributed by atoms with Crippen molar-refractivity contribution in [1.29, 1.82) is 0 Å². The smallest absolute Gasteiger partial charge is 0.242 e. The van der Waals surface area contributed by atoms with E-state index in [1.807, 2.05) is 48.4 Å². The van der Waals surface area contributed by atoms with Crippen molar-refractivity contribution in [3.63, 3.8) is 0 Å². The number of rotatable bonds is 11. The molecule has 33 heavy (non-hydrogen) atoms. The highest BCUT2D eigenvalue weighted by molar-refractivity contribution is 6.31. The van der Waals surface area contributed by atoms with Gasteiger partial charge in [-0.25, -0.2) is 0 Å². The lowest BCUT2D eigenvalue weighted by Crippen LogP contribution is -2.48. The summed E-state index contributed by atoms with van der Waals surface area (Å²) >= 11 is 6.39. The molecule has 2 aromatic rings. The number of ether oxygens (including phenoxy) is 1. The van der Waals surface area contributed by atoms with Crippen molar-refractivity contribution < 1.29 is 14.3 Å². The number of hydrogen-bond acceptors (Lipinski definition) is 3. The number of amides is 2. The zero-order valence-corrected chi connectivity index (χ0v) is 20.6. The standard InChI is InChI=1S/C26H36ClN3O3/c1-3-25(31)29(16-17-33-2)20-26(32)30(22-11-5-4-6-12-22)19-23-13-9-15-28(23)18-21-10-7-8-14-24(21)27/h7-10,13-15,22H,3-6,11-12,16-20H2,1-2H3. The van der Waals surface area contributed by atoms with Crippen molar-refractivity contribution >= 4 is 23.4 Å². The van der Waals surface area contributed by atoms with Gasteiger partial charge in [-0.05, 0) is 36.6 Å². The van der Waals surface area contributed by atoms with E-state index in [9.17, 15) is 9.59 Å². The summed E-state index contributed by atoms with van der Waals surface area (Å²) in [5, 5.41) is 0.740. The highest BCUT2D eigenvalue weighted by atomic mass is 35.5. The van der Waals surface area contributed by atoms with Crippen LogP contribution in [0.4, 0.5) is 0 Å². The summed E-state index contributed by atoms with van der Waals surface area (Å²) in [6.45, 7) is 3.95. The topological polar surface area (TPSA) is 54.8 Å². The molecule has 0 N–H and O–H groups in total. The first-order valence-corrected chi connectivity index (χ1v) is 12.3. The SMILES string of the molecule is CCC(=O)N(CCOC)CC(=O)N(Cc1cccn1Cc1ccccc1Cl)C1CCCCC1. The van der Waals surface area contributed by atoms with Crippen LogP contribution in [0, 0.1) is 0 Å². The number of benzene rings is 1. The quantitative estimate of drug-likeness (QED) is 0.473. The van der Waals surface area contributed by atoms with Gasteiger partial charge in [-0.15, -0.1) is 0 Å². The Labute approximate surface area is 202 Å². The zero-order chi connectivity index (χ0) is 23.6. The average molecular weight is 474 g/mol. The highest BCUT2D eigenvalue weighted by Gasteiger charge is 2.28. The fraction of sp³-hybridized carbons (Fsp3) is 0.538. The van der Waals surface area contributed by atoms with Crippen LogP contribution in [0.15, 0.2) is 42.6 Å². The molecule has 1 aliphatic carbocycles. The number of methoxy groups -OCH3 is 1. The number of hydrogen-bond donors (Lipinski definition) is 0. The molecule has 180 valence electrons. The van der Waals surface area contributed by atoms with Gasteiger partial charge in [0.1, 0.15) is 0 Å². The van der Waals surface area contributed by atoms with Crippen molar-refractivity contribution in [2.24, 2.45) is 0 Å². The van der Waals surface area contributed by atoms with E-state index in [1.165, 1.54) is 6.42 Å². The van der Waals surface area contributed by atoms with Crippen molar-refractivity contribution in [2.75, 3.05) is 26.8 Å². The van der Waals surface area contributed by atoms with Gasteiger partial charge >= 0.3 is 0 Å². The van der Waals surface area contributed by atoms with Gasteiger partial charge in [0.2, 0.25) is 11.8 Å². The first-order chi connectivity index (χ1) is 16.0. The van der Waals surface area contributed by atoms with Crippen LogP contribution in [0.1, 0.15) is 56.7 Å². The van der Waals surface area contributed by atoms with E-state index < -0.39 is 0 Å². The number of nitrogens with zero attached hydrogens (tertiary/aromatic N) is 3. The van der Waals surface area contributed by atoms with Gasteiger partial charge in [-0.2, -0.15) is 0 Å². The zero-order valence-electron chi connectivity index (χ0n) is 19.8. The molecule has 0 saturated heterocycles. The fourth-order valence-electron chi connectivity index (χ4n) is 4.52. The molecule has 1 aromatic carbocycles. The maximum atomic E-state index is 13.5. The Morgan fingerprint density at radius 1 is 1.09 bits per heavy atom. The number of aromatic nitrogens is 1. The Kier molecular flexibility index (Phi) is 9.82. The van der Waals surface area contributed by atoms with Gasteiger partial charge in [0.05, 0.1) is 19.7 Å². The minimum Gasteiger partial charge on any atom is -0.383 e. The Bertz CT molecular complexity index is 908. The number of halogens is 1. The van der Waals surface area contributed by atoms with E-state index in [0.717, 1.165) is 42.0 Å². The van der Waals surface area contributed by atoms with Crippen LogP contribution in [0.25, 0.3) is 0 Å². The molecule has 0 aliphatic heterocycles. The van der Waals surface area contributed by atoms with Crippen LogP contribution in [-0.2, 0) is 27.4 Å². The summed E-state index contributed by atoms with van der Waals surface area (Å²) in [5.41, 5.74) is 2.12. The van der Waals surface area contributed by atoms with Crippen LogP contribution in [0.3, 0.4) is 0 Å². The minimum atomic E-state index is -0.0221. The molecule has 0 atom stereocenters. The van der Waals surface area contributed by atoms with E-state index in [4.69, 9.17) is 16.3 Å². The molecule has 1 fully saturated rings. The summed E-state index contributed by atoms with van der Waals surface area (Å²) < 4.78 is 7.32. The molecule has 1 heterocycles. The third kappa shape index (κ3) is 7.08. The predicted molar refractivity (Wildman–Crippen MR) is 131 cm³/mol. The van der Waals surface area contributed by atoms with Crippen LogP contribution in [-0.4, -0.2) is 59.0 Å². The second kappa shape index (κ2) is 12.8. The second-order valence-electron chi connectivity index (χ2n) is 8.69. The summed E-state index contributed by atoms with van der Waals surface area (Å²) in [5.74, 6) is -0.0172. The van der Waals surface area contributed by atoms with Gasteiger partial charge in [0.15, 0.2) is 0 Å². The average Bonchev–Trinajstić information content (AvgIpc) is 3.28. The highest BCUT2D eigenvalue weighted by Crippen LogP contribution is 2.25. The molecule has 0 spiro atoms. The Hall–Kier alpha value is -2.31. The second-order valence-corrected chi connectivity index (χ2v) is 9.10. The van der Waals surface area contributed by atoms with E-state index >= 15 is 0 Å². The van der Waals surface area contributed by atoms with Crippen molar-refractivity contribution in [3.05, 3.63) is 58.9 Å². The van der Waals surface area contributed by atoms with E-state index in [-0.39, 0.29) is 24.4 Å². The van der Waals surface area contributed by atoms with E-state index in [0.29, 0.717) is 32.7 Å². The molecule has 0 radical (unpaired) electrons. The molecule has 2 amide bonds. The van der Waals surface area contributed by atoms with Crippen molar-refractivity contribution in [3.8, 4) is 0 Å². The number of carbonyl (C=O) groups is 2. The predicted octanol–water partition coefficient (Wildman–Crippen LogP) is 4.74. The Morgan fingerprint density at radius 3 is 2.55 bits per heavy atom. The summed E-state index contributed by atoms with van der Waals surface area (Å²) in [7, 11) is 1.61. The lowest BCUT2D eigenvalue weighted by atomic mass is 9.94. The molecule has 0 bridgehead atoms. The van der Waals surface area contributed by atoms with E-state index in [2.05, 4.69) is 10.6 Å². The van der Waals surface area contributed by atoms with Crippen LogP contribution in [0.5, 0.6) is 0 Å². The third-order valence-corrected chi connectivity index (χ3v) is 6.81. The van der Waals surface area contributed by atoms with Gasteiger partial charge in [0, 0.05) is 49.6 Å². The monoisotopic (exact) mass is 473 g/mol. The van der Waals surface area contributed by atoms with Crippen LogP contribution in [0.2, 0.25) is 5.02 Å². The van der Waals surface area contributed by atoms with Gasteiger partial charge in [-0.1, -0.05) is 56.0 Å². The van der Waals surface area contributed by atoms with E-state index in [1.54, 1.807) is 12.0 Å². The molecule has 6 nitrogen and oxygen atoms in total. The molecule has 1 saturated carbocycles. The normalized spacial score (nSPS) is 14.3. The third-order valence-electron chi connectivity index (χ3n) is 6.44. The van der Waals surface area contributed by atoms with Crippen LogP contribution >= 0.6 is 11.6 Å². The number of carbonyl (C=O) groups excluding carboxylic acids is 2. The Balaban J connectivity index is 1.79. The maximum Gasteiger partial charge on any atom is 0.242 e. The molecular weight excluding hydrogens is 438 g/mol. The molecule has 1 aliphatic rings. The van der Waals surface area contributed by atoms with Crippen molar-refractivity contribution in [1.82, 2.24) is 14.4 Å². The van der Waals surface area contributed by atoms with Crippen molar-refractivity contribution in [2.45, 2.75) is 64.6 Å². The maximum absolute atomic E-state index is 13.5. The molecule has 3 rings (SSSR count). The minimum absolute atomic E-state index is 0.00490. The molecule has 1 aromatic heterocycles. The Morgan fingerprint density at radius 2 is 1.85 bits per heavy atom. The summed E-state index contributed by atoms with van der Waals surface area (Å²) in [6.07, 6.45) is 7.92. The molecule has 7 heteroatoms. The molecule has 0 unspecified atom stereocenters. The first kappa shape index (κ1) is 25.3. The summed E-state index contributed by atoms with van der Waals surface area (Å²) in [4.78, 5) is 29.6. The van der Waals surface area contributed by atoms with Crippen LogP contribution < -0.4 is 0 Å². The van der Waals surface area contributed by atoms with Gasteiger partial charge in [0.25, 0.3) is 0 Å². The lowest BCUT2D eigenvalue weighted by Gasteiger charge is -2.36. The lowest BCUT2D eigenvalue weighted by molar-refractivity contribution is -0.143. The molecular formula is C26H36ClN3O3. The fourth-order valence-corrected chi connectivity index (χ4v) is 4.71. The van der Waals surface area contributed by atoms with Gasteiger partial charge in [-0.3, -0.25) is 9.59 Å². The summed E-state index contributed by atoms with van der Waals surface area (Å²) in [6, 6.07) is 12.1. The largest absolute Gasteiger partial charge is 0.383 e. The van der Waals surface area contributed by atoms with Gasteiger partial charge < -0.3 is 19.1 Å².